The van der Waals surface area contributed by atoms with E-state index in [2.05, 4.69) is 36.4 Å². The molecule has 1 nitrogen and oxygen atoms in total. The Morgan fingerprint density at radius 1 is 0.471 bits per heavy atom. The van der Waals surface area contributed by atoms with Crippen LogP contribution in [0.5, 0.6) is 0 Å². The molecule has 0 heterocycles. The van der Waals surface area contributed by atoms with Crippen LogP contribution in [0.15, 0.2) is 36.4 Å². The molecule has 0 atom stereocenters. The largest absolute Gasteiger partial charge is 0.289 e. The Morgan fingerprint density at radius 3 is 1.29 bits per heavy atom. The predicted molar refractivity (Wildman–Crippen MR) is 135 cm³/mol. The van der Waals surface area contributed by atoms with Gasteiger partial charge in [-0.3, -0.25) is 4.79 Å². The number of hydrogen-bond donors (Lipinski definition) is 0. The van der Waals surface area contributed by atoms with E-state index in [1.165, 1.54) is 93.7 Å². The molecule has 174 valence electrons. The smallest absolute Gasteiger partial charge is 0.194 e. The zero-order valence-corrected chi connectivity index (χ0v) is 20.3. The summed E-state index contributed by atoms with van der Waals surface area (Å²) < 4.78 is 0. The van der Waals surface area contributed by atoms with Crippen molar-refractivity contribution >= 4 is 5.78 Å². The highest BCUT2D eigenvalue weighted by atomic mass is 16.1. The molecule has 0 radical (unpaired) electrons. The minimum Gasteiger partial charge on any atom is -0.289 e. The average molecular weight is 449 g/mol. The van der Waals surface area contributed by atoms with Gasteiger partial charge in [0.25, 0.3) is 0 Å². The molecular formula is C33H36O. The van der Waals surface area contributed by atoms with Gasteiger partial charge in [0.15, 0.2) is 5.78 Å². The normalized spacial score (nSPS) is 44.5. The zero-order valence-electron chi connectivity index (χ0n) is 20.3. The van der Waals surface area contributed by atoms with Gasteiger partial charge in [-0.2, -0.15) is 0 Å². The summed E-state index contributed by atoms with van der Waals surface area (Å²) in [6.45, 7) is 0. The van der Waals surface area contributed by atoms with Crippen molar-refractivity contribution in [2.75, 3.05) is 0 Å². The van der Waals surface area contributed by atoms with Crippen molar-refractivity contribution in [3.05, 3.63) is 58.7 Å². The van der Waals surface area contributed by atoms with Crippen LogP contribution in [0.4, 0.5) is 0 Å². The molecule has 2 aromatic rings. The molecule has 0 amide bonds. The first-order chi connectivity index (χ1) is 16.6. The maximum Gasteiger partial charge on any atom is 0.194 e. The molecule has 11 rings (SSSR count). The number of rotatable bonds is 2. The van der Waals surface area contributed by atoms with Crippen LogP contribution in [-0.2, 0) is 10.8 Å². The Morgan fingerprint density at radius 2 is 0.853 bits per heavy atom. The molecule has 9 aliphatic rings. The Bertz CT molecular complexity index is 1180. The zero-order chi connectivity index (χ0) is 22.2. The standard InChI is InChI=1S/C33H36O/c34-31-28-4-2-25(32-13-19-5-20(14-32)7-21(6-19)15-32)11-29(28)27-3-1-26(12-30(27)31)33-16-22-8-23(17-33)10-24(9-22)18-33/h1-4,11-12,19-24H,5-10,13-18H2. The topological polar surface area (TPSA) is 17.1 Å². The van der Waals surface area contributed by atoms with Gasteiger partial charge in [0.1, 0.15) is 0 Å². The molecule has 8 bridgehead atoms. The van der Waals surface area contributed by atoms with E-state index in [0.717, 1.165) is 46.6 Å². The highest BCUT2D eigenvalue weighted by molar-refractivity contribution is 6.21. The van der Waals surface area contributed by atoms with Gasteiger partial charge in [-0.15, -0.1) is 0 Å². The third-order valence-electron chi connectivity index (χ3n) is 12.1. The van der Waals surface area contributed by atoms with E-state index in [0.29, 0.717) is 10.8 Å². The van der Waals surface area contributed by atoms with E-state index in [1.54, 1.807) is 5.56 Å². The van der Waals surface area contributed by atoms with Gasteiger partial charge in [0.05, 0.1) is 0 Å². The van der Waals surface area contributed by atoms with Crippen molar-refractivity contribution in [3.8, 4) is 11.1 Å². The fourth-order valence-corrected chi connectivity index (χ4v) is 11.7. The van der Waals surface area contributed by atoms with E-state index in [1.807, 2.05) is 0 Å². The molecule has 0 unspecified atom stereocenters. The second kappa shape index (κ2) is 6.26. The van der Waals surface area contributed by atoms with Crippen LogP contribution < -0.4 is 0 Å². The van der Waals surface area contributed by atoms with Gasteiger partial charge in [0.2, 0.25) is 0 Å². The summed E-state index contributed by atoms with van der Waals surface area (Å²) >= 11 is 0. The van der Waals surface area contributed by atoms with Crippen molar-refractivity contribution in [2.24, 2.45) is 35.5 Å². The molecule has 2 aromatic carbocycles. The van der Waals surface area contributed by atoms with Crippen LogP contribution in [0.3, 0.4) is 0 Å². The van der Waals surface area contributed by atoms with Crippen LogP contribution in [-0.4, -0.2) is 5.78 Å². The van der Waals surface area contributed by atoms with Crippen molar-refractivity contribution in [3.63, 3.8) is 0 Å². The third-order valence-corrected chi connectivity index (χ3v) is 12.1. The highest BCUT2D eigenvalue weighted by Gasteiger charge is 2.53. The lowest BCUT2D eigenvalue weighted by Crippen LogP contribution is -2.48. The summed E-state index contributed by atoms with van der Waals surface area (Å²) in [4.78, 5) is 13.6. The molecule has 1 heteroatoms. The quantitative estimate of drug-likeness (QED) is 0.390. The first kappa shape index (κ1) is 19.3. The first-order valence-corrected chi connectivity index (χ1v) is 14.4. The van der Waals surface area contributed by atoms with Crippen LogP contribution in [0.1, 0.15) is 104 Å². The number of hydrogen-bond acceptors (Lipinski definition) is 1. The number of ketones is 1. The summed E-state index contributed by atoms with van der Waals surface area (Å²) in [5.41, 5.74) is 8.24. The summed E-state index contributed by atoms with van der Waals surface area (Å²) in [7, 11) is 0. The van der Waals surface area contributed by atoms with Gasteiger partial charge >= 0.3 is 0 Å². The minimum atomic E-state index is 0.286. The Balaban J connectivity index is 1.12. The van der Waals surface area contributed by atoms with Crippen LogP contribution in [0.25, 0.3) is 11.1 Å². The minimum absolute atomic E-state index is 0.286. The van der Waals surface area contributed by atoms with E-state index in [4.69, 9.17) is 0 Å². The summed E-state index contributed by atoms with van der Waals surface area (Å²) in [6, 6.07) is 14.2. The van der Waals surface area contributed by atoms with E-state index >= 15 is 0 Å². The second-order valence-electron chi connectivity index (χ2n) is 14.2. The van der Waals surface area contributed by atoms with Crippen LogP contribution in [0.2, 0.25) is 0 Å². The first-order valence-electron chi connectivity index (χ1n) is 14.4. The SMILES string of the molecule is O=C1c2cc(C34CC5CC(CC(C5)C3)C4)ccc2-c2cc(C34CC5CC(CC(C5)C3)C4)ccc21. The molecular weight excluding hydrogens is 412 g/mol. The second-order valence-corrected chi connectivity index (χ2v) is 14.2. The van der Waals surface area contributed by atoms with Crippen molar-refractivity contribution in [1.29, 1.82) is 0 Å². The maximum absolute atomic E-state index is 13.6. The fraction of sp³-hybridized carbons (Fsp3) is 0.606. The molecule has 0 spiro atoms. The molecule has 34 heavy (non-hydrogen) atoms. The fourth-order valence-electron chi connectivity index (χ4n) is 11.7. The van der Waals surface area contributed by atoms with E-state index < -0.39 is 0 Å². The van der Waals surface area contributed by atoms with Crippen molar-refractivity contribution < 1.29 is 4.79 Å². The molecule has 0 N–H and O–H groups in total. The summed E-state index contributed by atoms with van der Waals surface area (Å²) in [5, 5.41) is 0. The molecule has 0 aromatic heterocycles. The molecule has 0 aliphatic heterocycles. The van der Waals surface area contributed by atoms with E-state index in [9.17, 15) is 4.79 Å². The number of carbonyl (C=O) groups is 1. The monoisotopic (exact) mass is 448 g/mol. The van der Waals surface area contributed by atoms with Gasteiger partial charge in [-0.1, -0.05) is 24.3 Å². The predicted octanol–water partition coefficient (Wildman–Crippen LogP) is 7.83. The van der Waals surface area contributed by atoms with Gasteiger partial charge in [0, 0.05) is 11.1 Å². The Labute approximate surface area is 203 Å². The third kappa shape index (κ3) is 2.45. The summed E-state index contributed by atoms with van der Waals surface area (Å²) in [6.07, 6.45) is 17.2. The van der Waals surface area contributed by atoms with E-state index in [-0.39, 0.29) is 5.78 Å². The van der Waals surface area contributed by atoms with Crippen LogP contribution in [0, 0.1) is 35.5 Å². The Kier molecular flexibility index (Phi) is 3.56. The Hall–Kier alpha value is -1.89. The highest BCUT2D eigenvalue weighted by Crippen LogP contribution is 2.62. The summed E-state index contributed by atoms with van der Waals surface area (Å²) in [5.74, 6) is 5.97. The van der Waals surface area contributed by atoms with Crippen molar-refractivity contribution in [2.45, 2.75) is 87.9 Å². The molecule has 8 fully saturated rings. The van der Waals surface area contributed by atoms with Crippen molar-refractivity contribution in [1.82, 2.24) is 0 Å². The average Bonchev–Trinajstić information content (AvgIpc) is 3.08. The van der Waals surface area contributed by atoms with Gasteiger partial charge < -0.3 is 0 Å². The molecule has 0 saturated heterocycles. The number of fused-ring (bicyclic) bond motifs is 3. The van der Waals surface area contributed by atoms with Gasteiger partial charge in [-0.05, 0) is 158 Å². The lowest BCUT2D eigenvalue weighted by Gasteiger charge is -2.57. The number of carbonyl (C=O) groups excluding carboxylic acids is 1. The lowest BCUT2D eigenvalue weighted by atomic mass is 9.48. The maximum atomic E-state index is 13.6. The molecule has 9 aliphatic carbocycles. The molecule has 8 saturated carbocycles. The van der Waals surface area contributed by atoms with Gasteiger partial charge in [-0.25, -0.2) is 0 Å². The van der Waals surface area contributed by atoms with Crippen LogP contribution >= 0.6 is 0 Å². The number of benzene rings is 2. The lowest BCUT2D eigenvalue weighted by molar-refractivity contribution is -0.00529.